The monoisotopic (exact) mass is 404 g/mol. The van der Waals surface area contributed by atoms with Crippen LogP contribution in [0.4, 0.5) is 0 Å². The average molecular weight is 407 g/mol. The summed E-state index contributed by atoms with van der Waals surface area (Å²) in [6.45, 7) is 0.384. The van der Waals surface area contributed by atoms with E-state index in [4.69, 9.17) is 21.4 Å². The van der Waals surface area contributed by atoms with Gasteiger partial charge in [-0.3, -0.25) is 0 Å². The van der Waals surface area contributed by atoms with E-state index in [0.717, 1.165) is 20.1 Å². The zero-order valence-electron chi connectivity index (χ0n) is 9.87. The van der Waals surface area contributed by atoms with E-state index in [2.05, 4.69) is 31.9 Å². The second-order valence-corrected chi connectivity index (χ2v) is 6.14. The summed E-state index contributed by atoms with van der Waals surface area (Å²) in [5, 5.41) is 9.57. The smallest absolute Gasteiger partial charge is 0.152 e. The summed E-state index contributed by atoms with van der Waals surface area (Å²) in [4.78, 5) is 0. The second-order valence-electron chi connectivity index (χ2n) is 3.96. The summed E-state index contributed by atoms with van der Waals surface area (Å²) in [7, 11) is 0. The predicted molar refractivity (Wildman–Crippen MR) is 83.5 cm³/mol. The number of halogens is 3. The summed E-state index contributed by atoms with van der Waals surface area (Å²) >= 11 is 12.9. The Labute approximate surface area is 133 Å². The third kappa shape index (κ3) is 3.96. The van der Waals surface area contributed by atoms with Crippen molar-refractivity contribution in [2.24, 2.45) is 0 Å². The number of aliphatic hydroxyl groups is 1. The van der Waals surface area contributed by atoms with Crippen LogP contribution in [0, 0.1) is 0 Å². The van der Waals surface area contributed by atoms with E-state index in [1.807, 2.05) is 24.3 Å². The van der Waals surface area contributed by atoms with Crippen molar-refractivity contribution in [2.45, 2.75) is 13.2 Å². The van der Waals surface area contributed by atoms with Crippen molar-refractivity contribution in [3.05, 3.63) is 61.5 Å². The van der Waals surface area contributed by atoms with E-state index in [0.29, 0.717) is 17.4 Å². The molecule has 2 aromatic carbocycles. The normalized spacial score (nSPS) is 10.5. The number of aliphatic hydroxyl groups excluding tert-OH is 1. The minimum atomic E-state index is -0.0503. The molecule has 1 N–H and O–H groups in total. The Morgan fingerprint density at radius 2 is 1.74 bits per heavy atom. The van der Waals surface area contributed by atoms with Gasteiger partial charge in [-0.25, -0.2) is 0 Å². The number of hydrogen-bond acceptors (Lipinski definition) is 2. The van der Waals surface area contributed by atoms with E-state index in [-0.39, 0.29) is 6.61 Å². The molecule has 100 valence electrons. The molecule has 0 unspecified atom stereocenters. The summed E-state index contributed by atoms with van der Waals surface area (Å²) in [6.07, 6.45) is 0. The van der Waals surface area contributed by atoms with Gasteiger partial charge in [0.15, 0.2) is 5.75 Å². The summed E-state index contributed by atoms with van der Waals surface area (Å²) in [6, 6.07) is 11.4. The van der Waals surface area contributed by atoms with Crippen molar-refractivity contribution >= 4 is 43.5 Å². The topological polar surface area (TPSA) is 29.5 Å². The number of ether oxygens (including phenoxy) is 1. The Bertz CT molecular complexity index is 547. The van der Waals surface area contributed by atoms with Crippen LogP contribution in [-0.2, 0) is 13.2 Å². The SMILES string of the molecule is OCc1cc(Cl)c(OCc2ccc(Br)cc2)c(Br)c1. The molecule has 2 aromatic rings. The zero-order chi connectivity index (χ0) is 13.8. The fraction of sp³-hybridized carbons (Fsp3) is 0.143. The van der Waals surface area contributed by atoms with Crippen LogP contribution in [0.1, 0.15) is 11.1 Å². The molecule has 0 saturated carbocycles. The average Bonchev–Trinajstić information content (AvgIpc) is 2.39. The first-order chi connectivity index (χ1) is 9.10. The van der Waals surface area contributed by atoms with Crippen LogP contribution in [0.15, 0.2) is 45.3 Å². The van der Waals surface area contributed by atoms with Gasteiger partial charge in [-0.1, -0.05) is 39.7 Å². The molecule has 5 heteroatoms. The zero-order valence-corrected chi connectivity index (χ0v) is 13.8. The highest BCUT2D eigenvalue weighted by atomic mass is 79.9. The van der Waals surface area contributed by atoms with Crippen LogP contribution < -0.4 is 4.74 Å². The van der Waals surface area contributed by atoms with Crippen LogP contribution in [0.2, 0.25) is 5.02 Å². The Morgan fingerprint density at radius 3 is 2.32 bits per heavy atom. The van der Waals surface area contributed by atoms with Gasteiger partial charge in [-0.05, 0) is 51.3 Å². The highest BCUT2D eigenvalue weighted by molar-refractivity contribution is 9.10. The van der Waals surface area contributed by atoms with Crippen molar-refractivity contribution < 1.29 is 9.84 Å². The molecule has 0 aliphatic rings. The quantitative estimate of drug-likeness (QED) is 0.780. The standard InChI is InChI=1S/C14H11Br2ClO2/c15-11-3-1-9(2-4-11)8-19-14-12(16)5-10(7-18)6-13(14)17/h1-6,18H,7-8H2. The maximum atomic E-state index is 9.09. The van der Waals surface area contributed by atoms with Gasteiger partial charge in [0.25, 0.3) is 0 Å². The molecule has 0 spiro atoms. The lowest BCUT2D eigenvalue weighted by molar-refractivity contribution is 0.280. The lowest BCUT2D eigenvalue weighted by atomic mass is 10.2. The Balaban J connectivity index is 2.13. The maximum Gasteiger partial charge on any atom is 0.152 e. The van der Waals surface area contributed by atoms with Gasteiger partial charge in [-0.2, -0.15) is 0 Å². The molecule has 0 amide bonds. The largest absolute Gasteiger partial charge is 0.486 e. The van der Waals surface area contributed by atoms with Gasteiger partial charge < -0.3 is 9.84 Å². The molecular formula is C14H11Br2ClO2. The van der Waals surface area contributed by atoms with Gasteiger partial charge in [0.1, 0.15) is 6.61 Å². The highest BCUT2D eigenvalue weighted by Gasteiger charge is 2.09. The highest BCUT2D eigenvalue weighted by Crippen LogP contribution is 2.35. The lowest BCUT2D eigenvalue weighted by Gasteiger charge is -2.11. The van der Waals surface area contributed by atoms with E-state index in [9.17, 15) is 0 Å². The Morgan fingerprint density at radius 1 is 1.05 bits per heavy atom. The molecule has 0 saturated heterocycles. The van der Waals surface area contributed by atoms with Crippen molar-refractivity contribution in [1.29, 1.82) is 0 Å². The van der Waals surface area contributed by atoms with E-state index in [1.54, 1.807) is 12.1 Å². The third-order valence-corrected chi connectivity index (χ3v) is 3.94. The van der Waals surface area contributed by atoms with Crippen LogP contribution in [0.3, 0.4) is 0 Å². The molecule has 0 fully saturated rings. The van der Waals surface area contributed by atoms with Gasteiger partial charge >= 0.3 is 0 Å². The van der Waals surface area contributed by atoms with Crippen molar-refractivity contribution in [1.82, 2.24) is 0 Å². The molecule has 2 nitrogen and oxygen atoms in total. The van der Waals surface area contributed by atoms with E-state index >= 15 is 0 Å². The fourth-order valence-corrected chi connectivity index (χ4v) is 2.87. The molecule has 0 heterocycles. The van der Waals surface area contributed by atoms with Gasteiger partial charge in [-0.15, -0.1) is 0 Å². The van der Waals surface area contributed by atoms with E-state index in [1.165, 1.54) is 0 Å². The molecule has 0 aromatic heterocycles. The van der Waals surface area contributed by atoms with Gasteiger partial charge in [0, 0.05) is 4.47 Å². The van der Waals surface area contributed by atoms with Crippen LogP contribution in [0.25, 0.3) is 0 Å². The summed E-state index contributed by atoms with van der Waals surface area (Å²) in [5.41, 5.74) is 1.80. The minimum Gasteiger partial charge on any atom is -0.486 e. The first-order valence-electron chi connectivity index (χ1n) is 5.56. The predicted octanol–water partition coefficient (Wildman–Crippen LogP) is 4.94. The van der Waals surface area contributed by atoms with Crippen LogP contribution in [0.5, 0.6) is 5.75 Å². The van der Waals surface area contributed by atoms with Crippen LogP contribution >= 0.6 is 43.5 Å². The second kappa shape index (κ2) is 6.75. The number of rotatable bonds is 4. The molecule has 0 radical (unpaired) electrons. The van der Waals surface area contributed by atoms with E-state index < -0.39 is 0 Å². The molecular weight excluding hydrogens is 395 g/mol. The van der Waals surface area contributed by atoms with Crippen molar-refractivity contribution in [2.75, 3.05) is 0 Å². The Hall–Kier alpha value is -0.550. The number of benzene rings is 2. The molecule has 0 bridgehead atoms. The molecule has 0 aliphatic carbocycles. The molecule has 19 heavy (non-hydrogen) atoms. The molecule has 0 aliphatic heterocycles. The fourth-order valence-electron chi connectivity index (χ4n) is 1.58. The van der Waals surface area contributed by atoms with Crippen LogP contribution in [-0.4, -0.2) is 5.11 Å². The first-order valence-corrected chi connectivity index (χ1v) is 7.52. The third-order valence-electron chi connectivity index (χ3n) is 2.54. The van der Waals surface area contributed by atoms with Gasteiger partial charge in [0.05, 0.1) is 16.1 Å². The molecule has 2 rings (SSSR count). The summed E-state index contributed by atoms with van der Waals surface area (Å²) < 4.78 is 7.48. The lowest BCUT2D eigenvalue weighted by Crippen LogP contribution is -1.97. The minimum absolute atomic E-state index is 0.0503. The maximum absolute atomic E-state index is 9.09. The van der Waals surface area contributed by atoms with Crippen molar-refractivity contribution in [3.63, 3.8) is 0 Å². The van der Waals surface area contributed by atoms with Crippen molar-refractivity contribution in [3.8, 4) is 5.75 Å². The number of hydrogen-bond donors (Lipinski definition) is 1. The van der Waals surface area contributed by atoms with Gasteiger partial charge in [0.2, 0.25) is 0 Å². The Kier molecular flexibility index (Phi) is 5.28. The summed E-state index contributed by atoms with van der Waals surface area (Å²) in [5.74, 6) is 0.585. The first kappa shape index (κ1) is 14.9. The molecule has 0 atom stereocenters.